The molecule has 2 unspecified atom stereocenters. The van der Waals surface area contributed by atoms with Crippen LogP contribution < -0.4 is 0 Å². The number of rotatable bonds is 3. The molecule has 0 aliphatic heterocycles. The quantitative estimate of drug-likeness (QED) is 0.885. The lowest BCUT2D eigenvalue weighted by Gasteiger charge is -2.20. The summed E-state index contributed by atoms with van der Waals surface area (Å²) in [5.41, 5.74) is 4.11. The van der Waals surface area contributed by atoms with Crippen LogP contribution in [0.4, 0.5) is 0 Å². The maximum atomic E-state index is 10.8. The molecule has 98 valence electrons. The lowest BCUT2D eigenvalue weighted by molar-refractivity contribution is -0.138. The van der Waals surface area contributed by atoms with E-state index in [4.69, 9.17) is 5.11 Å². The molecule has 2 nitrogen and oxygen atoms in total. The third-order valence-corrected chi connectivity index (χ3v) is 3.93. The number of benzene rings is 1. The molecule has 2 rings (SSSR count). The fourth-order valence-electron chi connectivity index (χ4n) is 2.45. The van der Waals surface area contributed by atoms with Gasteiger partial charge in [0.1, 0.15) is 0 Å². The van der Waals surface area contributed by atoms with Crippen LogP contribution in [0.3, 0.4) is 0 Å². The van der Waals surface area contributed by atoms with E-state index in [0.717, 1.165) is 12.8 Å². The molecule has 0 bridgehead atoms. The SMILES string of the molecule is Cc1cc(C(C)(C)C)ccc1CC1CC1C(=O)O. The highest BCUT2D eigenvalue weighted by atomic mass is 16.4. The Kier molecular flexibility index (Phi) is 3.22. The van der Waals surface area contributed by atoms with Gasteiger partial charge in [0.05, 0.1) is 5.92 Å². The van der Waals surface area contributed by atoms with E-state index in [0.29, 0.717) is 5.92 Å². The van der Waals surface area contributed by atoms with Crippen molar-refractivity contribution >= 4 is 5.97 Å². The second-order valence-electron chi connectivity index (χ2n) is 6.54. The van der Waals surface area contributed by atoms with E-state index in [-0.39, 0.29) is 11.3 Å². The molecule has 1 aromatic carbocycles. The number of aliphatic carboxylic acids is 1. The van der Waals surface area contributed by atoms with Gasteiger partial charge in [-0.3, -0.25) is 4.79 Å². The van der Waals surface area contributed by atoms with Crippen molar-refractivity contribution in [3.05, 3.63) is 34.9 Å². The molecule has 1 aliphatic rings. The van der Waals surface area contributed by atoms with Gasteiger partial charge in [-0.15, -0.1) is 0 Å². The topological polar surface area (TPSA) is 37.3 Å². The van der Waals surface area contributed by atoms with E-state index in [1.807, 2.05) is 0 Å². The van der Waals surface area contributed by atoms with Gasteiger partial charge < -0.3 is 5.11 Å². The summed E-state index contributed by atoms with van der Waals surface area (Å²) < 4.78 is 0. The summed E-state index contributed by atoms with van der Waals surface area (Å²) in [6.07, 6.45) is 1.75. The van der Waals surface area contributed by atoms with Crippen molar-refractivity contribution in [2.24, 2.45) is 11.8 Å². The van der Waals surface area contributed by atoms with E-state index in [1.165, 1.54) is 16.7 Å². The zero-order chi connectivity index (χ0) is 13.5. The van der Waals surface area contributed by atoms with Crippen LogP contribution in [0.5, 0.6) is 0 Å². The first-order chi connectivity index (χ1) is 8.29. The van der Waals surface area contributed by atoms with Gasteiger partial charge in [0.15, 0.2) is 0 Å². The molecule has 1 aromatic rings. The van der Waals surface area contributed by atoms with Crippen LogP contribution >= 0.6 is 0 Å². The number of carboxylic acids is 1. The Morgan fingerprint density at radius 2 is 2.06 bits per heavy atom. The van der Waals surface area contributed by atoms with Crippen LogP contribution in [0.1, 0.15) is 43.9 Å². The molecule has 0 radical (unpaired) electrons. The summed E-state index contributed by atoms with van der Waals surface area (Å²) in [5.74, 6) is -0.391. The summed E-state index contributed by atoms with van der Waals surface area (Å²) in [6.45, 7) is 8.76. The minimum Gasteiger partial charge on any atom is -0.481 e. The first kappa shape index (κ1) is 13.1. The average molecular weight is 246 g/mol. The summed E-state index contributed by atoms with van der Waals surface area (Å²) >= 11 is 0. The highest BCUT2D eigenvalue weighted by Crippen LogP contribution is 2.41. The molecular weight excluding hydrogens is 224 g/mol. The van der Waals surface area contributed by atoms with Gasteiger partial charge in [0, 0.05) is 0 Å². The average Bonchev–Trinajstić information content (AvgIpc) is 2.99. The molecule has 0 aromatic heterocycles. The standard InChI is InChI=1S/C16H22O2/c1-10-7-13(16(2,3)4)6-5-11(10)8-12-9-14(12)15(17)18/h5-7,12,14H,8-9H2,1-4H3,(H,17,18). The molecule has 1 N–H and O–H groups in total. The zero-order valence-electron chi connectivity index (χ0n) is 11.7. The molecule has 2 heteroatoms. The number of hydrogen-bond donors (Lipinski definition) is 1. The van der Waals surface area contributed by atoms with Crippen molar-refractivity contribution in [3.8, 4) is 0 Å². The molecule has 0 saturated heterocycles. The molecular formula is C16H22O2. The maximum Gasteiger partial charge on any atom is 0.306 e. The fourth-order valence-corrected chi connectivity index (χ4v) is 2.45. The van der Waals surface area contributed by atoms with Gasteiger partial charge in [-0.2, -0.15) is 0 Å². The van der Waals surface area contributed by atoms with Gasteiger partial charge in [-0.05, 0) is 47.8 Å². The third-order valence-electron chi connectivity index (χ3n) is 3.93. The summed E-state index contributed by atoms with van der Waals surface area (Å²) in [4.78, 5) is 10.8. The predicted molar refractivity (Wildman–Crippen MR) is 72.8 cm³/mol. The minimum absolute atomic E-state index is 0.105. The predicted octanol–water partition coefficient (Wildman–Crippen LogP) is 3.56. The fraction of sp³-hybridized carbons (Fsp3) is 0.562. The number of carbonyl (C=O) groups is 1. The Hall–Kier alpha value is -1.31. The molecule has 0 amide bonds. The summed E-state index contributed by atoms with van der Waals surface area (Å²) in [6, 6.07) is 6.60. The van der Waals surface area contributed by atoms with Crippen LogP contribution in [-0.2, 0) is 16.6 Å². The van der Waals surface area contributed by atoms with Crippen molar-refractivity contribution in [1.29, 1.82) is 0 Å². The summed E-state index contributed by atoms with van der Waals surface area (Å²) in [7, 11) is 0. The summed E-state index contributed by atoms with van der Waals surface area (Å²) in [5, 5.41) is 8.92. The minimum atomic E-state index is -0.635. The van der Waals surface area contributed by atoms with E-state index >= 15 is 0 Å². The second kappa shape index (κ2) is 4.42. The van der Waals surface area contributed by atoms with Gasteiger partial charge in [-0.1, -0.05) is 39.0 Å². The van der Waals surface area contributed by atoms with Crippen molar-refractivity contribution in [2.45, 2.75) is 46.0 Å². The van der Waals surface area contributed by atoms with Crippen LogP contribution in [-0.4, -0.2) is 11.1 Å². The van der Waals surface area contributed by atoms with Crippen molar-refractivity contribution in [1.82, 2.24) is 0 Å². The van der Waals surface area contributed by atoms with Gasteiger partial charge in [0.2, 0.25) is 0 Å². The Balaban J connectivity index is 2.10. The Bertz CT molecular complexity index is 468. The first-order valence-corrected chi connectivity index (χ1v) is 6.62. The maximum absolute atomic E-state index is 10.8. The van der Waals surface area contributed by atoms with Crippen LogP contribution in [0.15, 0.2) is 18.2 Å². The smallest absolute Gasteiger partial charge is 0.306 e. The Labute approximate surface area is 109 Å². The highest BCUT2D eigenvalue weighted by molar-refractivity contribution is 5.73. The second-order valence-corrected chi connectivity index (χ2v) is 6.54. The molecule has 0 heterocycles. The number of carboxylic acid groups (broad SMARTS) is 1. The number of hydrogen-bond acceptors (Lipinski definition) is 1. The van der Waals surface area contributed by atoms with Crippen molar-refractivity contribution in [2.75, 3.05) is 0 Å². The van der Waals surface area contributed by atoms with Crippen molar-refractivity contribution in [3.63, 3.8) is 0 Å². The van der Waals surface area contributed by atoms with Crippen molar-refractivity contribution < 1.29 is 9.90 Å². The van der Waals surface area contributed by atoms with Crippen LogP contribution in [0.2, 0.25) is 0 Å². The van der Waals surface area contributed by atoms with Gasteiger partial charge in [-0.25, -0.2) is 0 Å². The largest absolute Gasteiger partial charge is 0.481 e. The van der Waals surface area contributed by atoms with E-state index < -0.39 is 5.97 Å². The first-order valence-electron chi connectivity index (χ1n) is 6.62. The van der Waals surface area contributed by atoms with E-state index in [2.05, 4.69) is 45.9 Å². The Morgan fingerprint density at radius 3 is 2.50 bits per heavy atom. The van der Waals surface area contributed by atoms with Crippen LogP contribution in [0, 0.1) is 18.8 Å². The lowest BCUT2D eigenvalue weighted by Crippen LogP contribution is -2.11. The van der Waals surface area contributed by atoms with Gasteiger partial charge in [0.25, 0.3) is 0 Å². The molecule has 18 heavy (non-hydrogen) atoms. The molecule has 1 saturated carbocycles. The molecule has 2 atom stereocenters. The monoisotopic (exact) mass is 246 g/mol. The third kappa shape index (κ3) is 2.74. The van der Waals surface area contributed by atoms with Crippen LogP contribution in [0.25, 0.3) is 0 Å². The zero-order valence-corrected chi connectivity index (χ0v) is 11.7. The van der Waals surface area contributed by atoms with E-state index in [9.17, 15) is 4.79 Å². The Morgan fingerprint density at radius 1 is 1.39 bits per heavy atom. The number of aryl methyl sites for hydroxylation is 1. The van der Waals surface area contributed by atoms with Gasteiger partial charge >= 0.3 is 5.97 Å². The molecule has 0 spiro atoms. The lowest BCUT2D eigenvalue weighted by atomic mass is 9.85. The molecule has 1 fully saturated rings. The van der Waals surface area contributed by atoms with E-state index in [1.54, 1.807) is 0 Å². The normalized spacial score (nSPS) is 22.9. The molecule has 1 aliphatic carbocycles. The highest BCUT2D eigenvalue weighted by Gasteiger charge is 2.42.